The summed E-state index contributed by atoms with van der Waals surface area (Å²) in [6, 6.07) is 1.64. The van der Waals surface area contributed by atoms with Gasteiger partial charge in [0.1, 0.15) is 0 Å². The molecule has 2 N–H and O–H groups in total. The first kappa shape index (κ1) is 10.5. The highest BCUT2D eigenvalue weighted by Gasteiger charge is 2.13. The van der Waals surface area contributed by atoms with Crippen molar-refractivity contribution in [3.05, 3.63) is 23.0 Å². The summed E-state index contributed by atoms with van der Waals surface area (Å²) in [6.45, 7) is 5.69. The van der Waals surface area contributed by atoms with E-state index in [0.717, 1.165) is 5.69 Å². The minimum atomic E-state index is -0.390. The van der Waals surface area contributed by atoms with Crippen LogP contribution >= 0.6 is 0 Å². The van der Waals surface area contributed by atoms with E-state index in [1.807, 2.05) is 6.92 Å². The molecule has 0 aliphatic heterocycles. The standard InChI is InChI=1S/C10H14N2O2/c1-4-14-10(13)8-5-6(2)12-7(3)9(8)11/h5H,4,11H2,1-3H3. The van der Waals surface area contributed by atoms with Crippen LogP contribution in [0.1, 0.15) is 28.7 Å². The van der Waals surface area contributed by atoms with Crippen molar-refractivity contribution in [2.75, 3.05) is 12.3 Å². The molecule has 1 aromatic heterocycles. The fourth-order valence-corrected chi connectivity index (χ4v) is 1.22. The van der Waals surface area contributed by atoms with Gasteiger partial charge < -0.3 is 10.5 Å². The van der Waals surface area contributed by atoms with Crippen molar-refractivity contribution >= 4 is 11.7 Å². The zero-order valence-corrected chi connectivity index (χ0v) is 8.63. The van der Waals surface area contributed by atoms with E-state index in [0.29, 0.717) is 23.6 Å². The molecule has 0 spiro atoms. The van der Waals surface area contributed by atoms with Gasteiger partial charge in [-0.2, -0.15) is 0 Å². The average Bonchev–Trinajstić information content (AvgIpc) is 2.11. The quantitative estimate of drug-likeness (QED) is 0.724. The molecule has 1 rings (SSSR count). The number of nitrogens with zero attached hydrogens (tertiary/aromatic N) is 1. The Hall–Kier alpha value is -1.58. The molecular formula is C10H14N2O2. The lowest BCUT2D eigenvalue weighted by Crippen LogP contribution is -2.10. The highest BCUT2D eigenvalue weighted by atomic mass is 16.5. The number of hydrogen-bond acceptors (Lipinski definition) is 4. The van der Waals surface area contributed by atoms with Gasteiger partial charge in [0.2, 0.25) is 0 Å². The molecule has 0 bridgehead atoms. The molecule has 0 aromatic carbocycles. The predicted octanol–water partition coefficient (Wildman–Crippen LogP) is 1.46. The molecule has 1 aromatic rings. The molecule has 0 aliphatic rings. The highest BCUT2D eigenvalue weighted by molar-refractivity contribution is 5.95. The number of hydrogen-bond donors (Lipinski definition) is 1. The topological polar surface area (TPSA) is 65.2 Å². The van der Waals surface area contributed by atoms with E-state index in [-0.39, 0.29) is 0 Å². The molecule has 0 saturated heterocycles. The van der Waals surface area contributed by atoms with Crippen molar-refractivity contribution in [3.63, 3.8) is 0 Å². The molecule has 4 nitrogen and oxygen atoms in total. The van der Waals surface area contributed by atoms with Crippen LogP contribution in [-0.4, -0.2) is 17.6 Å². The fraction of sp³-hybridized carbons (Fsp3) is 0.400. The Balaban J connectivity index is 3.13. The molecular weight excluding hydrogens is 180 g/mol. The number of carbonyl (C=O) groups is 1. The van der Waals surface area contributed by atoms with Crippen LogP contribution < -0.4 is 5.73 Å². The largest absolute Gasteiger partial charge is 0.462 e. The van der Waals surface area contributed by atoms with Crippen LogP contribution in [0, 0.1) is 13.8 Å². The monoisotopic (exact) mass is 194 g/mol. The molecule has 0 radical (unpaired) electrons. The number of carbonyl (C=O) groups excluding carboxylic acids is 1. The van der Waals surface area contributed by atoms with Crippen molar-refractivity contribution in [2.45, 2.75) is 20.8 Å². The predicted molar refractivity (Wildman–Crippen MR) is 54.1 cm³/mol. The van der Waals surface area contributed by atoms with Crippen LogP contribution in [0.4, 0.5) is 5.69 Å². The lowest BCUT2D eigenvalue weighted by molar-refractivity contribution is 0.0527. The first-order chi connectivity index (χ1) is 6.56. The third kappa shape index (κ3) is 2.02. The first-order valence-corrected chi connectivity index (χ1v) is 4.47. The summed E-state index contributed by atoms with van der Waals surface area (Å²) in [5.74, 6) is -0.390. The van der Waals surface area contributed by atoms with Gasteiger partial charge in [0.25, 0.3) is 0 Å². The van der Waals surface area contributed by atoms with Crippen molar-refractivity contribution in [1.29, 1.82) is 0 Å². The normalized spacial score (nSPS) is 9.93. The van der Waals surface area contributed by atoms with Gasteiger partial charge in [0.15, 0.2) is 0 Å². The molecule has 0 aliphatic carbocycles. The molecule has 0 saturated carbocycles. The second kappa shape index (κ2) is 4.09. The van der Waals surface area contributed by atoms with Crippen LogP contribution in [0.3, 0.4) is 0 Å². The van der Waals surface area contributed by atoms with Crippen LogP contribution in [0.25, 0.3) is 0 Å². The summed E-state index contributed by atoms with van der Waals surface area (Å²) >= 11 is 0. The molecule has 14 heavy (non-hydrogen) atoms. The number of anilines is 1. The first-order valence-electron chi connectivity index (χ1n) is 4.47. The summed E-state index contributed by atoms with van der Waals surface area (Å²) in [7, 11) is 0. The van der Waals surface area contributed by atoms with E-state index in [1.165, 1.54) is 0 Å². The molecule has 1 heterocycles. The second-order valence-corrected chi connectivity index (χ2v) is 3.03. The lowest BCUT2D eigenvalue weighted by atomic mass is 10.1. The van der Waals surface area contributed by atoms with Gasteiger partial charge in [0.05, 0.1) is 23.6 Å². The van der Waals surface area contributed by atoms with Crippen molar-refractivity contribution in [2.24, 2.45) is 0 Å². The fourth-order valence-electron chi connectivity index (χ4n) is 1.22. The number of nitrogens with two attached hydrogens (primary N) is 1. The molecule has 0 atom stereocenters. The summed E-state index contributed by atoms with van der Waals surface area (Å²) in [4.78, 5) is 15.6. The van der Waals surface area contributed by atoms with E-state index in [4.69, 9.17) is 10.5 Å². The summed E-state index contributed by atoms with van der Waals surface area (Å²) in [6.07, 6.45) is 0. The third-order valence-corrected chi connectivity index (χ3v) is 1.87. The van der Waals surface area contributed by atoms with E-state index >= 15 is 0 Å². The van der Waals surface area contributed by atoms with Crippen LogP contribution in [0.2, 0.25) is 0 Å². The zero-order valence-electron chi connectivity index (χ0n) is 8.63. The van der Waals surface area contributed by atoms with Crippen molar-refractivity contribution in [3.8, 4) is 0 Å². The number of pyridine rings is 1. The number of esters is 1. The summed E-state index contributed by atoms with van der Waals surface area (Å²) in [5.41, 5.74) is 7.94. The number of aryl methyl sites for hydroxylation is 2. The number of aromatic nitrogens is 1. The van der Waals surface area contributed by atoms with Gasteiger partial charge in [-0.1, -0.05) is 0 Å². The minimum Gasteiger partial charge on any atom is -0.462 e. The minimum absolute atomic E-state index is 0.346. The Morgan fingerprint density at radius 1 is 1.57 bits per heavy atom. The number of nitrogen functional groups attached to an aromatic ring is 1. The van der Waals surface area contributed by atoms with Crippen LogP contribution in [0.15, 0.2) is 6.07 Å². The second-order valence-electron chi connectivity index (χ2n) is 3.03. The van der Waals surface area contributed by atoms with Gasteiger partial charge >= 0.3 is 5.97 Å². The smallest absolute Gasteiger partial charge is 0.340 e. The van der Waals surface area contributed by atoms with E-state index in [9.17, 15) is 4.79 Å². The average molecular weight is 194 g/mol. The Labute approximate surface area is 83.1 Å². The summed E-state index contributed by atoms with van der Waals surface area (Å²) < 4.78 is 4.87. The van der Waals surface area contributed by atoms with Crippen LogP contribution in [-0.2, 0) is 4.74 Å². The maximum Gasteiger partial charge on any atom is 0.340 e. The number of rotatable bonds is 2. The van der Waals surface area contributed by atoms with Crippen molar-refractivity contribution < 1.29 is 9.53 Å². The van der Waals surface area contributed by atoms with Gasteiger partial charge in [-0.25, -0.2) is 4.79 Å². The molecule has 0 unspecified atom stereocenters. The van der Waals surface area contributed by atoms with E-state index < -0.39 is 5.97 Å². The third-order valence-electron chi connectivity index (χ3n) is 1.87. The van der Waals surface area contributed by atoms with Crippen molar-refractivity contribution in [1.82, 2.24) is 4.98 Å². The van der Waals surface area contributed by atoms with Gasteiger partial charge in [-0.15, -0.1) is 0 Å². The highest BCUT2D eigenvalue weighted by Crippen LogP contribution is 2.17. The SMILES string of the molecule is CCOC(=O)c1cc(C)nc(C)c1N. The van der Waals surface area contributed by atoms with Gasteiger partial charge in [0, 0.05) is 5.69 Å². The Kier molecular flexibility index (Phi) is 3.06. The van der Waals surface area contributed by atoms with E-state index in [1.54, 1.807) is 19.9 Å². The maximum atomic E-state index is 11.4. The molecule has 0 amide bonds. The van der Waals surface area contributed by atoms with E-state index in [2.05, 4.69) is 4.98 Å². The Bertz CT molecular complexity index is 361. The zero-order chi connectivity index (χ0) is 10.7. The lowest BCUT2D eigenvalue weighted by Gasteiger charge is -2.08. The van der Waals surface area contributed by atoms with Gasteiger partial charge in [-0.3, -0.25) is 4.98 Å². The number of ether oxygens (including phenoxy) is 1. The summed E-state index contributed by atoms with van der Waals surface area (Å²) in [5, 5.41) is 0. The maximum absolute atomic E-state index is 11.4. The molecule has 76 valence electrons. The van der Waals surface area contributed by atoms with Gasteiger partial charge in [-0.05, 0) is 26.8 Å². The van der Waals surface area contributed by atoms with Crippen LogP contribution in [0.5, 0.6) is 0 Å². The molecule has 0 fully saturated rings. The Morgan fingerprint density at radius 2 is 2.21 bits per heavy atom. The molecule has 4 heteroatoms. The Morgan fingerprint density at radius 3 is 2.79 bits per heavy atom.